The van der Waals surface area contributed by atoms with Gasteiger partial charge in [0.05, 0.1) is 18.3 Å². The molecular weight excluding hydrogens is 512 g/mol. The van der Waals surface area contributed by atoms with Gasteiger partial charge in [-0.05, 0) is 49.5 Å². The summed E-state index contributed by atoms with van der Waals surface area (Å²) in [6.07, 6.45) is -4.26. The standard InChI is InChI=1S/C28H44O11/c1-14-12-17(37-15(2)30)23-26(3,4)19(39-25-22(33)21(32)20(31)18(13-29)38-25)7-9-27(23,5)28(14,35)10-6-16-8-11-36-24(16)34/h8,14,17-23,25,29,31-33,35H,6-7,9-13H2,1-5H3/t14-,17+,18-,19-,20-,21+,22-,23+,25+,27+,28-/m1/s1. The summed E-state index contributed by atoms with van der Waals surface area (Å²) in [7, 11) is 0. The number of aliphatic hydroxyl groups is 5. The maximum atomic E-state index is 12.4. The molecule has 2 aliphatic heterocycles. The third-order valence-electron chi connectivity index (χ3n) is 10.1. The van der Waals surface area contributed by atoms with Crippen LogP contribution in [0.3, 0.4) is 0 Å². The predicted molar refractivity (Wildman–Crippen MR) is 136 cm³/mol. The van der Waals surface area contributed by atoms with Gasteiger partial charge in [0.25, 0.3) is 0 Å². The number of carbonyl (C=O) groups is 2. The van der Waals surface area contributed by atoms with Crippen LogP contribution >= 0.6 is 0 Å². The molecule has 2 aliphatic carbocycles. The van der Waals surface area contributed by atoms with Gasteiger partial charge in [-0.25, -0.2) is 4.79 Å². The summed E-state index contributed by atoms with van der Waals surface area (Å²) in [4.78, 5) is 24.3. The van der Waals surface area contributed by atoms with Crippen LogP contribution in [0.15, 0.2) is 11.6 Å². The van der Waals surface area contributed by atoms with Gasteiger partial charge in [0, 0.05) is 23.8 Å². The minimum atomic E-state index is -1.57. The van der Waals surface area contributed by atoms with Crippen molar-refractivity contribution < 1.29 is 54.1 Å². The molecule has 0 amide bonds. The monoisotopic (exact) mass is 556 g/mol. The molecule has 0 aromatic rings. The molecule has 0 bridgehead atoms. The van der Waals surface area contributed by atoms with Crippen molar-refractivity contribution in [3.05, 3.63) is 11.6 Å². The molecule has 3 fully saturated rings. The predicted octanol–water partition coefficient (Wildman–Crippen LogP) is 0.580. The number of hydrogen-bond acceptors (Lipinski definition) is 11. The van der Waals surface area contributed by atoms with Crippen LogP contribution in [0.25, 0.3) is 0 Å². The fourth-order valence-corrected chi connectivity index (χ4v) is 7.97. The zero-order valence-corrected chi connectivity index (χ0v) is 23.4. The van der Waals surface area contributed by atoms with Gasteiger partial charge in [-0.15, -0.1) is 0 Å². The fraction of sp³-hybridized carbons (Fsp3) is 0.857. The summed E-state index contributed by atoms with van der Waals surface area (Å²) in [6, 6.07) is 0. The zero-order valence-electron chi connectivity index (χ0n) is 23.4. The van der Waals surface area contributed by atoms with Gasteiger partial charge in [0.1, 0.15) is 37.1 Å². The summed E-state index contributed by atoms with van der Waals surface area (Å²) in [6.45, 7) is 8.92. The van der Waals surface area contributed by atoms with Gasteiger partial charge in [-0.3, -0.25) is 4.79 Å². The van der Waals surface area contributed by atoms with Gasteiger partial charge >= 0.3 is 11.9 Å². The second-order valence-electron chi connectivity index (χ2n) is 12.6. The second kappa shape index (κ2) is 11.0. The van der Waals surface area contributed by atoms with Crippen molar-refractivity contribution in [1.29, 1.82) is 0 Å². The highest BCUT2D eigenvalue weighted by Gasteiger charge is 2.67. The Morgan fingerprint density at radius 2 is 1.85 bits per heavy atom. The van der Waals surface area contributed by atoms with Crippen molar-refractivity contribution in [1.82, 2.24) is 0 Å². The number of fused-ring (bicyclic) bond motifs is 1. The van der Waals surface area contributed by atoms with E-state index in [4.69, 9.17) is 18.9 Å². The highest BCUT2D eigenvalue weighted by atomic mass is 16.7. The summed E-state index contributed by atoms with van der Waals surface area (Å²) >= 11 is 0. The van der Waals surface area contributed by atoms with Gasteiger partial charge in [-0.2, -0.15) is 0 Å². The van der Waals surface area contributed by atoms with Crippen LogP contribution in [0.5, 0.6) is 0 Å². The average Bonchev–Trinajstić information content (AvgIpc) is 3.27. The summed E-state index contributed by atoms with van der Waals surface area (Å²) in [5.74, 6) is -1.40. The minimum Gasteiger partial charge on any atom is -0.462 e. The number of carbonyl (C=O) groups excluding carboxylic acids is 2. The topological polar surface area (TPSA) is 172 Å². The third-order valence-corrected chi connectivity index (χ3v) is 10.1. The quantitative estimate of drug-likeness (QED) is 0.219. The number of cyclic esters (lactones) is 1. The molecule has 0 aromatic heterocycles. The maximum absolute atomic E-state index is 12.4. The van der Waals surface area contributed by atoms with E-state index in [2.05, 4.69) is 0 Å². The average molecular weight is 557 g/mol. The van der Waals surface area contributed by atoms with Crippen LogP contribution in [-0.2, 0) is 28.5 Å². The molecular formula is C28H44O11. The van der Waals surface area contributed by atoms with Crippen molar-refractivity contribution in [3.63, 3.8) is 0 Å². The molecule has 4 rings (SSSR count). The van der Waals surface area contributed by atoms with Crippen molar-refractivity contribution >= 4 is 11.9 Å². The van der Waals surface area contributed by atoms with E-state index in [0.29, 0.717) is 37.7 Å². The van der Waals surface area contributed by atoms with E-state index in [-0.39, 0.29) is 24.4 Å². The summed E-state index contributed by atoms with van der Waals surface area (Å²) in [5.41, 5.74) is -2.08. The van der Waals surface area contributed by atoms with E-state index >= 15 is 0 Å². The lowest BCUT2D eigenvalue weighted by Gasteiger charge is -2.66. The third kappa shape index (κ3) is 5.16. The lowest BCUT2D eigenvalue weighted by atomic mass is 9.42. The zero-order chi connectivity index (χ0) is 28.9. The van der Waals surface area contributed by atoms with Crippen LogP contribution < -0.4 is 0 Å². The van der Waals surface area contributed by atoms with E-state index in [1.807, 2.05) is 27.7 Å². The molecule has 5 N–H and O–H groups in total. The number of rotatable bonds is 7. The summed E-state index contributed by atoms with van der Waals surface area (Å²) < 4.78 is 22.8. The highest BCUT2D eigenvalue weighted by molar-refractivity contribution is 5.90. The molecule has 0 spiro atoms. The van der Waals surface area contributed by atoms with Crippen molar-refractivity contribution in [2.45, 2.75) is 115 Å². The molecule has 0 radical (unpaired) electrons. The first-order valence-electron chi connectivity index (χ1n) is 13.9. The second-order valence-corrected chi connectivity index (χ2v) is 12.6. The first kappa shape index (κ1) is 30.4. The summed E-state index contributed by atoms with van der Waals surface area (Å²) in [5, 5.41) is 53.0. The Bertz CT molecular complexity index is 963. The lowest BCUT2D eigenvalue weighted by Crippen LogP contribution is -2.69. The molecule has 11 heteroatoms. The number of esters is 2. The molecule has 2 heterocycles. The highest BCUT2D eigenvalue weighted by Crippen LogP contribution is 2.65. The Balaban J connectivity index is 1.64. The van der Waals surface area contributed by atoms with Crippen LogP contribution in [-0.4, -0.2) is 99.2 Å². The van der Waals surface area contributed by atoms with E-state index < -0.39 is 71.9 Å². The van der Waals surface area contributed by atoms with Crippen molar-refractivity contribution in [2.75, 3.05) is 13.2 Å². The largest absolute Gasteiger partial charge is 0.462 e. The first-order chi connectivity index (χ1) is 18.2. The van der Waals surface area contributed by atoms with Gasteiger partial charge in [0.2, 0.25) is 0 Å². The van der Waals surface area contributed by atoms with Crippen LogP contribution in [0.4, 0.5) is 0 Å². The van der Waals surface area contributed by atoms with Crippen LogP contribution in [0.2, 0.25) is 0 Å². The Labute approximate surface area is 229 Å². The smallest absolute Gasteiger partial charge is 0.334 e. The molecule has 0 unspecified atom stereocenters. The molecule has 4 aliphatic rings. The van der Waals surface area contributed by atoms with Gasteiger partial charge in [-0.1, -0.05) is 27.7 Å². The molecule has 11 nitrogen and oxygen atoms in total. The Hall–Kier alpha value is -1.60. The Morgan fingerprint density at radius 3 is 2.44 bits per heavy atom. The van der Waals surface area contributed by atoms with Crippen LogP contribution in [0.1, 0.15) is 66.7 Å². The molecule has 0 aromatic carbocycles. The molecule has 11 atom stereocenters. The first-order valence-corrected chi connectivity index (χ1v) is 13.9. The normalized spacial score (nSPS) is 45.7. The maximum Gasteiger partial charge on any atom is 0.334 e. The minimum absolute atomic E-state index is 0.236. The lowest BCUT2D eigenvalue weighted by molar-refractivity contribution is -0.337. The molecule has 2 saturated carbocycles. The van der Waals surface area contributed by atoms with E-state index in [1.54, 1.807) is 6.08 Å². The SMILES string of the molecule is CC(=O)O[C@H]1C[C@@H](C)[C@](O)(CCC2=CCOC2=O)[C@@]2(C)CC[C@@H](O[C@@H]3O[C@H](CO)[C@@H](O)[C@H](O)[C@H]3O)C(C)(C)[C@H]12. The van der Waals surface area contributed by atoms with E-state index in [1.165, 1.54) is 6.92 Å². The Morgan fingerprint density at radius 1 is 1.15 bits per heavy atom. The molecule has 1 saturated heterocycles. The van der Waals surface area contributed by atoms with Crippen LogP contribution in [0, 0.1) is 22.7 Å². The fourth-order valence-electron chi connectivity index (χ4n) is 7.97. The molecule has 39 heavy (non-hydrogen) atoms. The molecule has 222 valence electrons. The van der Waals surface area contributed by atoms with Crippen molar-refractivity contribution in [3.8, 4) is 0 Å². The number of hydrogen-bond donors (Lipinski definition) is 5. The van der Waals surface area contributed by atoms with Gasteiger partial charge in [0.15, 0.2) is 6.29 Å². The van der Waals surface area contributed by atoms with E-state index in [0.717, 1.165) is 0 Å². The van der Waals surface area contributed by atoms with Crippen molar-refractivity contribution in [2.24, 2.45) is 22.7 Å². The Kier molecular flexibility index (Phi) is 8.56. The number of aliphatic hydroxyl groups excluding tert-OH is 4. The number of ether oxygens (including phenoxy) is 4. The van der Waals surface area contributed by atoms with E-state index in [9.17, 15) is 35.1 Å². The van der Waals surface area contributed by atoms with Gasteiger partial charge < -0.3 is 44.5 Å².